The quantitative estimate of drug-likeness (QED) is 0.656. The van der Waals surface area contributed by atoms with Crippen LogP contribution < -0.4 is 10.6 Å². The lowest BCUT2D eigenvalue weighted by molar-refractivity contribution is -0.115. The van der Waals surface area contributed by atoms with Crippen LogP contribution >= 0.6 is 27.3 Å². The van der Waals surface area contributed by atoms with E-state index in [4.69, 9.17) is 4.42 Å². The van der Waals surface area contributed by atoms with Crippen molar-refractivity contribution in [3.05, 3.63) is 57.5 Å². The first-order chi connectivity index (χ1) is 12.0. The lowest BCUT2D eigenvalue weighted by atomic mass is 10.3. The number of halogens is 1. The van der Waals surface area contributed by atoms with Gasteiger partial charge in [-0.15, -0.1) is 11.3 Å². The van der Waals surface area contributed by atoms with Crippen LogP contribution in [0, 0.1) is 6.92 Å². The number of furan rings is 1. The van der Waals surface area contributed by atoms with Crippen molar-refractivity contribution < 1.29 is 14.0 Å². The van der Waals surface area contributed by atoms with Crippen LogP contribution in [0.15, 0.2) is 44.9 Å². The number of nitrogens with one attached hydrogen (secondary N) is 2. The molecular weight excluding hydrogens is 408 g/mol. The second-order valence-electron chi connectivity index (χ2n) is 5.15. The van der Waals surface area contributed by atoms with Gasteiger partial charge < -0.3 is 9.73 Å². The molecule has 0 aliphatic carbocycles. The molecule has 25 heavy (non-hydrogen) atoms. The zero-order chi connectivity index (χ0) is 17.8. The minimum atomic E-state index is -0.403. The zero-order valence-corrected chi connectivity index (χ0v) is 15.5. The third-order valence-corrected chi connectivity index (χ3v) is 4.32. The summed E-state index contributed by atoms with van der Waals surface area (Å²) in [5.41, 5.74) is 1.58. The number of pyridine rings is 1. The lowest BCUT2D eigenvalue weighted by Gasteiger charge is -2.03. The molecule has 0 radical (unpaired) electrons. The molecule has 2 N–H and O–H groups in total. The molecule has 0 aromatic carbocycles. The number of hydrogen-bond acceptors (Lipinski definition) is 6. The fourth-order valence-corrected chi connectivity index (χ4v) is 2.95. The van der Waals surface area contributed by atoms with Crippen LogP contribution in [-0.2, 0) is 11.2 Å². The van der Waals surface area contributed by atoms with E-state index in [9.17, 15) is 9.59 Å². The van der Waals surface area contributed by atoms with E-state index in [-0.39, 0.29) is 18.1 Å². The molecule has 0 saturated carbocycles. The highest BCUT2D eigenvalue weighted by Crippen LogP contribution is 2.19. The molecule has 128 valence electrons. The fraction of sp³-hybridized carbons (Fsp3) is 0.125. The van der Waals surface area contributed by atoms with Crippen LogP contribution in [-0.4, -0.2) is 21.8 Å². The second-order valence-corrected chi connectivity index (χ2v) is 6.79. The van der Waals surface area contributed by atoms with Gasteiger partial charge in [-0.2, -0.15) is 0 Å². The van der Waals surface area contributed by atoms with E-state index in [1.165, 1.54) is 11.3 Å². The molecule has 0 aliphatic heterocycles. The summed E-state index contributed by atoms with van der Waals surface area (Å²) in [7, 11) is 0. The van der Waals surface area contributed by atoms with E-state index in [1.54, 1.807) is 29.8 Å². The Kier molecular flexibility index (Phi) is 5.25. The van der Waals surface area contributed by atoms with Gasteiger partial charge in [0.1, 0.15) is 5.82 Å². The van der Waals surface area contributed by atoms with Crippen molar-refractivity contribution in [2.75, 3.05) is 10.6 Å². The maximum atomic E-state index is 12.0. The molecule has 0 unspecified atom stereocenters. The van der Waals surface area contributed by atoms with Gasteiger partial charge in [-0.3, -0.25) is 14.9 Å². The third-order valence-electron chi connectivity index (χ3n) is 3.09. The summed E-state index contributed by atoms with van der Waals surface area (Å²) >= 11 is 4.38. The van der Waals surface area contributed by atoms with Gasteiger partial charge in [0.2, 0.25) is 5.91 Å². The predicted octanol–water partition coefficient (Wildman–Crippen LogP) is 3.64. The Morgan fingerprint density at radius 2 is 2.08 bits per heavy atom. The summed E-state index contributed by atoms with van der Waals surface area (Å²) in [5, 5.41) is 7.45. The zero-order valence-electron chi connectivity index (χ0n) is 13.1. The molecule has 0 bridgehead atoms. The van der Waals surface area contributed by atoms with Crippen molar-refractivity contribution in [2.45, 2.75) is 13.3 Å². The van der Waals surface area contributed by atoms with E-state index in [0.717, 1.165) is 5.56 Å². The fourth-order valence-electron chi connectivity index (χ4n) is 1.93. The second kappa shape index (κ2) is 7.58. The number of anilines is 2. The number of aromatic nitrogens is 2. The Hall–Kier alpha value is -2.52. The van der Waals surface area contributed by atoms with Gasteiger partial charge in [-0.05, 0) is 46.6 Å². The van der Waals surface area contributed by atoms with Crippen molar-refractivity contribution in [1.29, 1.82) is 0 Å². The number of amides is 2. The van der Waals surface area contributed by atoms with Gasteiger partial charge in [0.15, 0.2) is 15.6 Å². The van der Waals surface area contributed by atoms with Gasteiger partial charge >= 0.3 is 0 Å². The first-order valence-electron chi connectivity index (χ1n) is 7.23. The molecule has 3 rings (SSSR count). The summed E-state index contributed by atoms with van der Waals surface area (Å²) in [6, 6.07) is 6.79. The van der Waals surface area contributed by atoms with Crippen molar-refractivity contribution in [3.8, 4) is 0 Å². The summed E-state index contributed by atoms with van der Waals surface area (Å²) in [5.74, 6) is 0.0315. The van der Waals surface area contributed by atoms with Crippen molar-refractivity contribution in [2.24, 2.45) is 0 Å². The van der Waals surface area contributed by atoms with Gasteiger partial charge in [0.05, 0.1) is 12.1 Å². The molecule has 0 fully saturated rings. The number of rotatable bonds is 5. The molecule has 0 aliphatic rings. The molecule has 9 heteroatoms. The van der Waals surface area contributed by atoms with Crippen LogP contribution in [0.1, 0.15) is 21.8 Å². The minimum Gasteiger partial charge on any atom is -0.444 e. The average Bonchev–Trinajstić information content (AvgIpc) is 3.19. The van der Waals surface area contributed by atoms with Crippen LogP contribution in [0.4, 0.5) is 10.9 Å². The van der Waals surface area contributed by atoms with Gasteiger partial charge in [-0.1, -0.05) is 6.07 Å². The molecular formula is C16H13BrN4O3S. The van der Waals surface area contributed by atoms with E-state index in [1.807, 2.05) is 13.0 Å². The normalized spacial score (nSPS) is 10.5. The lowest BCUT2D eigenvalue weighted by Crippen LogP contribution is -2.15. The molecule has 0 spiro atoms. The Bertz CT molecular complexity index is 904. The van der Waals surface area contributed by atoms with Gasteiger partial charge in [0.25, 0.3) is 5.91 Å². The molecule has 2 amide bonds. The highest BCUT2D eigenvalue weighted by Gasteiger charge is 2.14. The Balaban J connectivity index is 1.56. The number of hydrogen-bond donors (Lipinski definition) is 2. The standard InChI is InChI=1S/C16H13BrN4O3S/c1-9-2-5-13(18-7-9)20-14(22)6-10-8-25-16(19-10)21-15(23)11-3-4-12(17)24-11/h2-5,7-8H,6H2,1H3,(H,18,20,22)(H,19,21,23). The summed E-state index contributed by atoms with van der Waals surface area (Å²) in [4.78, 5) is 32.4. The van der Waals surface area contributed by atoms with Crippen LogP contribution in [0.2, 0.25) is 0 Å². The first kappa shape index (κ1) is 17.3. The maximum Gasteiger partial charge on any atom is 0.293 e. The van der Waals surface area contributed by atoms with Crippen LogP contribution in [0.25, 0.3) is 0 Å². The van der Waals surface area contributed by atoms with E-state index >= 15 is 0 Å². The molecule has 3 heterocycles. The van der Waals surface area contributed by atoms with Gasteiger partial charge in [-0.25, -0.2) is 9.97 Å². The third kappa shape index (κ3) is 4.74. The number of thiazole rings is 1. The Morgan fingerprint density at radius 1 is 1.24 bits per heavy atom. The topological polar surface area (TPSA) is 97.1 Å². The number of aryl methyl sites for hydroxylation is 1. The number of nitrogens with zero attached hydrogens (tertiary/aromatic N) is 2. The van der Waals surface area contributed by atoms with Crippen molar-refractivity contribution in [3.63, 3.8) is 0 Å². The predicted molar refractivity (Wildman–Crippen MR) is 97.8 cm³/mol. The first-order valence-corrected chi connectivity index (χ1v) is 8.90. The maximum absolute atomic E-state index is 12.0. The van der Waals surface area contributed by atoms with Gasteiger partial charge in [0, 0.05) is 11.6 Å². The minimum absolute atomic E-state index is 0.0915. The number of carbonyl (C=O) groups is 2. The monoisotopic (exact) mass is 420 g/mol. The Labute approximate surface area is 155 Å². The summed E-state index contributed by atoms with van der Waals surface area (Å²) < 4.78 is 5.65. The molecule has 3 aromatic rings. The summed E-state index contributed by atoms with van der Waals surface area (Å²) in [6.45, 7) is 1.92. The molecule has 0 saturated heterocycles. The highest BCUT2D eigenvalue weighted by molar-refractivity contribution is 9.10. The molecule has 3 aromatic heterocycles. The van der Waals surface area contributed by atoms with E-state index < -0.39 is 5.91 Å². The smallest absolute Gasteiger partial charge is 0.293 e. The van der Waals surface area contributed by atoms with Crippen molar-refractivity contribution in [1.82, 2.24) is 9.97 Å². The molecule has 7 nitrogen and oxygen atoms in total. The molecule has 0 atom stereocenters. The number of carbonyl (C=O) groups excluding carboxylic acids is 2. The van der Waals surface area contributed by atoms with Crippen LogP contribution in [0.3, 0.4) is 0 Å². The average molecular weight is 421 g/mol. The van der Waals surface area contributed by atoms with Crippen molar-refractivity contribution >= 4 is 50.0 Å². The largest absolute Gasteiger partial charge is 0.444 e. The summed E-state index contributed by atoms with van der Waals surface area (Å²) in [6.07, 6.45) is 1.77. The van der Waals surface area contributed by atoms with Crippen LogP contribution in [0.5, 0.6) is 0 Å². The van der Waals surface area contributed by atoms with E-state index in [2.05, 4.69) is 36.5 Å². The Morgan fingerprint density at radius 3 is 2.76 bits per heavy atom. The SMILES string of the molecule is Cc1ccc(NC(=O)Cc2csc(NC(=O)c3ccc(Br)o3)n2)nc1. The highest BCUT2D eigenvalue weighted by atomic mass is 79.9. The van der Waals surface area contributed by atoms with E-state index in [0.29, 0.717) is 21.3 Å².